The van der Waals surface area contributed by atoms with Crippen LogP contribution in [0.5, 0.6) is 0 Å². The van der Waals surface area contributed by atoms with Gasteiger partial charge in [0.25, 0.3) is 0 Å². The van der Waals surface area contributed by atoms with Gasteiger partial charge in [0.1, 0.15) is 0 Å². The fourth-order valence-electron chi connectivity index (χ4n) is 0.792. The standard InChI is InChI=1S/C10H21IO3/c1-10(2,9-11)14-6-4-5-13-8-7-12-3/h4-9H2,1-3H3. The first kappa shape index (κ1) is 14.6. The molecule has 0 saturated carbocycles. The molecule has 14 heavy (non-hydrogen) atoms. The van der Waals surface area contributed by atoms with Gasteiger partial charge in [-0.3, -0.25) is 0 Å². The number of hydrogen-bond donors (Lipinski definition) is 0. The fourth-order valence-corrected chi connectivity index (χ4v) is 1.01. The maximum absolute atomic E-state index is 5.67. The first-order valence-corrected chi connectivity index (χ1v) is 6.41. The third-order valence-corrected chi connectivity index (χ3v) is 3.52. The molecule has 0 unspecified atom stereocenters. The number of methoxy groups -OCH3 is 1. The summed E-state index contributed by atoms with van der Waals surface area (Å²) in [5, 5.41) is 0. The minimum Gasteiger partial charge on any atom is -0.382 e. The van der Waals surface area contributed by atoms with E-state index in [4.69, 9.17) is 14.2 Å². The highest BCUT2D eigenvalue weighted by Crippen LogP contribution is 2.12. The third kappa shape index (κ3) is 9.18. The molecular formula is C10H21IO3. The molecule has 0 bridgehead atoms. The fraction of sp³-hybridized carbons (Fsp3) is 1.00. The van der Waals surface area contributed by atoms with Gasteiger partial charge in [0.05, 0.1) is 18.8 Å². The van der Waals surface area contributed by atoms with Gasteiger partial charge >= 0.3 is 0 Å². The number of halogens is 1. The molecule has 0 radical (unpaired) electrons. The zero-order valence-corrected chi connectivity index (χ0v) is 11.5. The van der Waals surface area contributed by atoms with Gasteiger partial charge in [0, 0.05) is 24.8 Å². The lowest BCUT2D eigenvalue weighted by molar-refractivity contribution is -0.0119. The molecule has 0 fully saturated rings. The van der Waals surface area contributed by atoms with Crippen molar-refractivity contribution in [1.29, 1.82) is 0 Å². The molecule has 0 aromatic rings. The summed E-state index contributed by atoms with van der Waals surface area (Å²) in [5.74, 6) is 0. The van der Waals surface area contributed by atoms with Crippen molar-refractivity contribution in [2.45, 2.75) is 25.9 Å². The van der Waals surface area contributed by atoms with Crippen molar-refractivity contribution in [3.63, 3.8) is 0 Å². The van der Waals surface area contributed by atoms with Crippen molar-refractivity contribution in [3.8, 4) is 0 Å². The van der Waals surface area contributed by atoms with Crippen LogP contribution in [0.1, 0.15) is 20.3 Å². The number of alkyl halides is 1. The van der Waals surface area contributed by atoms with E-state index in [1.165, 1.54) is 0 Å². The van der Waals surface area contributed by atoms with Gasteiger partial charge in [-0.15, -0.1) is 0 Å². The van der Waals surface area contributed by atoms with Crippen LogP contribution in [0.4, 0.5) is 0 Å². The molecule has 0 N–H and O–H groups in total. The lowest BCUT2D eigenvalue weighted by atomic mass is 10.2. The van der Waals surface area contributed by atoms with Crippen molar-refractivity contribution in [3.05, 3.63) is 0 Å². The van der Waals surface area contributed by atoms with Gasteiger partial charge in [0.2, 0.25) is 0 Å². The summed E-state index contributed by atoms with van der Waals surface area (Å²) in [6.45, 7) is 7.06. The summed E-state index contributed by atoms with van der Waals surface area (Å²) < 4.78 is 16.9. The molecule has 0 rings (SSSR count). The van der Waals surface area contributed by atoms with Crippen LogP contribution in [0.3, 0.4) is 0 Å². The van der Waals surface area contributed by atoms with Crippen LogP contribution in [0, 0.1) is 0 Å². The highest BCUT2D eigenvalue weighted by Gasteiger charge is 2.15. The van der Waals surface area contributed by atoms with Crippen LogP contribution < -0.4 is 0 Å². The molecular weight excluding hydrogens is 295 g/mol. The van der Waals surface area contributed by atoms with Crippen LogP contribution in [0.25, 0.3) is 0 Å². The topological polar surface area (TPSA) is 27.7 Å². The molecule has 0 amide bonds. The Hall–Kier alpha value is 0.610. The van der Waals surface area contributed by atoms with E-state index in [9.17, 15) is 0 Å². The van der Waals surface area contributed by atoms with Crippen molar-refractivity contribution in [2.24, 2.45) is 0 Å². The minimum atomic E-state index is -0.00686. The first-order valence-electron chi connectivity index (χ1n) is 4.89. The van der Waals surface area contributed by atoms with E-state index in [0.717, 1.165) is 24.1 Å². The molecule has 3 nitrogen and oxygen atoms in total. The first-order chi connectivity index (χ1) is 6.62. The molecule has 0 aromatic carbocycles. The average Bonchev–Trinajstić information content (AvgIpc) is 2.16. The van der Waals surface area contributed by atoms with E-state index >= 15 is 0 Å². The second-order valence-electron chi connectivity index (χ2n) is 3.70. The summed E-state index contributed by atoms with van der Waals surface area (Å²) in [5.41, 5.74) is -0.00686. The summed E-state index contributed by atoms with van der Waals surface area (Å²) in [7, 11) is 1.68. The van der Waals surface area contributed by atoms with Crippen molar-refractivity contribution in [2.75, 3.05) is 38.0 Å². The Balaban J connectivity index is 3.13. The predicted molar refractivity (Wildman–Crippen MR) is 66.2 cm³/mol. The Morgan fingerprint density at radius 2 is 1.79 bits per heavy atom. The molecule has 4 heteroatoms. The maximum Gasteiger partial charge on any atom is 0.0715 e. The van der Waals surface area contributed by atoms with Crippen LogP contribution in [0.15, 0.2) is 0 Å². The quantitative estimate of drug-likeness (QED) is 0.371. The average molecular weight is 316 g/mol. The van der Waals surface area contributed by atoms with E-state index in [0.29, 0.717) is 13.2 Å². The monoisotopic (exact) mass is 316 g/mol. The SMILES string of the molecule is COCCOCCCOC(C)(C)CI. The summed E-state index contributed by atoms with van der Waals surface area (Å²) in [6.07, 6.45) is 0.948. The zero-order valence-electron chi connectivity index (χ0n) is 9.35. The van der Waals surface area contributed by atoms with Crippen LogP contribution in [-0.4, -0.2) is 43.6 Å². The second-order valence-corrected chi connectivity index (χ2v) is 4.46. The van der Waals surface area contributed by atoms with Crippen molar-refractivity contribution < 1.29 is 14.2 Å². The summed E-state index contributed by atoms with van der Waals surface area (Å²) in [4.78, 5) is 0. The molecule has 0 atom stereocenters. The zero-order chi connectivity index (χ0) is 10.9. The Kier molecular flexibility index (Phi) is 9.27. The molecule has 0 heterocycles. The highest BCUT2D eigenvalue weighted by molar-refractivity contribution is 14.1. The van der Waals surface area contributed by atoms with Crippen LogP contribution in [0.2, 0.25) is 0 Å². The molecule has 0 aliphatic rings. The Labute approximate surface area is 101 Å². The van der Waals surface area contributed by atoms with Crippen molar-refractivity contribution in [1.82, 2.24) is 0 Å². The van der Waals surface area contributed by atoms with E-state index < -0.39 is 0 Å². The van der Waals surface area contributed by atoms with Crippen LogP contribution >= 0.6 is 22.6 Å². The van der Waals surface area contributed by atoms with Gasteiger partial charge in [-0.05, 0) is 20.3 Å². The van der Waals surface area contributed by atoms with Gasteiger partial charge in [0.15, 0.2) is 0 Å². The van der Waals surface area contributed by atoms with Crippen molar-refractivity contribution >= 4 is 22.6 Å². The van der Waals surface area contributed by atoms with E-state index in [1.54, 1.807) is 7.11 Å². The molecule has 0 aliphatic carbocycles. The number of rotatable bonds is 9. The third-order valence-electron chi connectivity index (χ3n) is 1.68. The van der Waals surface area contributed by atoms with Gasteiger partial charge in [-0.2, -0.15) is 0 Å². The van der Waals surface area contributed by atoms with E-state index in [2.05, 4.69) is 36.4 Å². The number of hydrogen-bond acceptors (Lipinski definition) is 3. The Bertz CT molecular complexity index is 129. The second kappa shape index (κ2) is 8.88. The lowest BCUT2D eigenvalue weighted by Crippen LogP contribution is -2.27. The van der Waals surface area contributed by atoms with Gasteiger partial charge in [-0.1, -0.05) is 22.6 Å². The maximum atomic E-state index is 5.67. The molecule has 0 aromatic heterocycles. The Morgan fingerprint density at radius 1 is 1.07 bits per heavy atom. The summed E-state index contributed by atoms with van der Waals surface area (Å²) in [6, 6.07) is 0. The molecule has 0 aliphatic heterocycles. The highest BCUT2D eigenvalue weighted by atomic mass is 127. The molecule has 86 valence electrons. The molecule has 0 spiro atoms. The van der Waals surface area contributed by atoms with E-state index in [1.807, 2.05) is 0 Å². The van der Waals surface area contributed by atoms with Crippen LogP contribution in [-0.2, 0) is 14.2 Å². The minimum absolute atomic E-state index is 0.00686. The largest absolute Gasteiger partial charge is 0.382 e. The predicted octanol–water partition coefficient (Wildman–Crippen LogP) is 2.27. The van der Waals surface area contributed by atoms with Gasteiger partial charge < -0.3 is 14.2 Å². The Morgan fingerprint density at radius 3 is 2.36 bits per heavy atom. The number of ether oxygens (including phenoxy) is 3. The smallest absolute Gasteiger partial charge is 0.0715 e. The normalized spacial score (nSPS) is 12.0. The lowest BCUT2D eigenvalue weighted by Gasteiger charge is -2.22. The van der Waals surface area contributed by atoms with Gasteiger partial charge in [-0.25, -0.2) is 0 Å². The molecule has 0 saturated heterocycles. The van der Waals surface area contributed by atoms with E-state index in [-0.39, 0.29) is 5.60 Å². The summed E-state index contributed by atoms with van der Waals surface area (Å²) >= 11 is 2.34.